The maximum atomic E-state index is 5.71. The van der Waals surface area contributed by atoms with Gasteiger partial charge in [-0.2, -0.15) is 0 Å². The molecule has 0 bridgehead atoms. The number of nitrogens with one attached hydrogen (secondary N) is 1. The number of rotatable bonds is 7. The number of anilines is 1. The van der Waals surface area contributed by atoms with Crippen molar-refractivity contribution in [3.05, 3.63) is 18.2 Å². The smallest absolute Gasteiger partial charge is 0.142 e. The zero-order valence-electron chi connectivity index (χ0n) is 13.5. The first-order valence-corrected chi connectivity index (χ1v) is 8.08. The van der Waals surface area contributed by atoms with Crippen molar-refractivity contribution < 1.29 is 9.47 Å². The van der Waals surface area contributed by atoms with Gasteiger partial charge in [0.25, 0.3) is 0 Å². The molecule has 0 aromatic heterocycles. The molecule has 1 aliphatic heterocycles. The fraction of sp³-hybridized carbons (Fsp3) is 0.647. The fourth-order valence-electron chi connectivity index (χ4n) is 2.81. The highest BCUT2D eigenvalue weighted by molar-refractivity contribution is 5.59. The van der Waals surface area contributed by atoms with Gasteiger partial charge < -0.3 is 19.7 Å². The molecule has 0 aliphatic carbocycles. The third-order valence-electron chi connectivity index (χ3n) is 4.01. The SMILES string of the molecule is CCOc1ccc(OCC)c(NCC2CCCCN2C)c1. The van der Waals surface area contributed by atoms with E-state index in [4.69, 9.17) is 9.47 Å². The fourth-order valence-corrected chi connectivity index (χ4v) is 2.81. The van der Waals surface area contributed by atoms with Crippen LogP contribution in [0, 0.1) is 0 Å². The Labute approximate surface area is 128 Å². The summed E-state index contributed by atoms with van der Waals surface area (Å²) < 4.78 is 11.3. The van der Waals surface area contributed by atoms with Crippen LogP contribution in [0.15, 0.2) is 18.2 Å². The maximum Gasteiger partial charge on any atom is 0.142 e. The van der Waals surface area contributed by atoms with Crippen LogP contribution in [0.4, 0.5) is 5.69 Å². The standard InChI is InChI=1S/C17H28N2O2/c1-4-20-15-9-10-17(21-5-2)16(12-15)18-13-14-8-6-7-11-19(14)3/h9-10,12,14,18H,4-8,11,13H2,1-3H3. The van der Waals surface area contributed by atoms with Gasteiger partial charge in [0.05, 0.1) is 18.9 Å². The van der Waals surface area contributed by atoms with Crippen LogP contribution in [0.1, 0.15) is 33.1 Å². The molecule has 1 saturated heterocycles. The summed E-state index contributed by atoms with van der Waals surface area (Å²) in [5.41, 5.74) is 1.03. The lowest BCUT2D eigenvalue weighted by Crippen LogP contribution is -2.40. The molecule has 1 N–H and O–H groups in total. The normalized spacial score (nSPS) is 19.3. The van der Waals surface area contributed by atoms with Gasteiger partial charge in [-0.15, -0.1) is 0 Å². The zero-order chi connectivity index (χ0) is 15.1. The van der Waals surface area contributed by atoms with Crippen LogP contribution in [-0.4, -0.2) is 44.3 Å². The highest BCUT2D eigenvalue weighted by Gasteiger charge is 2.19. The molecule has 1 unspecified atom stereocenters. The molecule has 1 heterocycles. The van der Waals surface area contributed by atoms with Crippen molar-refractivity contribution in [2.24, 2.45) is 0 Å². The Bertz CT molecular complexity index is 437. The van der Waals surface area contributed by atoms with E-state index in [0.29, 0.717) is 19.3 Å². The molecule has 4 heteroatoms. The summed E-state index contributed by atoms with van der Waals surface area (Å²) in [6, 6.07) is 6.59. The van der Waals surface area contributed by atoms with Crippen LogP contribution in [-0.2, 0) is 0 Å². The largest absolute Gasteiger partial charge is 0.494 e. The number of piperidine rings is 1. The van der Waals surface area contributed by atoms with Gasteiger partial charge in [-0.3, -0.25) is 0 Å². The summed E-state index contributed by atoms with van der Waals surface area (Å²) in [7, 11) is 2.21. The van der Waals surface area contributed by atoms with E-state index in [1.807, 2.05) is 32.0 Å². The number of benzene rings is 1. The van der Waals surface area contributed by atoms with E-state index in [1.165, 1.54) is 25.8 Å². The average molecular weight is 292 g/mol. The molecule has 0 amide bonds. The quantitative estimate of drug-likeness (QED) is 0.835. The lowest BCUT2D eigenvalue weighted by molar-refractivity contribution is 0.194. The van der Waals surface area contributed by atoms with Gasteiger partial charge in [-0.05, 0) is 52.4 Å². The molecule has 1 aromatic carbocycles. The number of ether oxygens (including phenoxy) is 2. The van der Waals surface area contributed by atoms with Gasteiger partial charge >= 0.3 is 0 Å². The van der Waals surface area contributed by atoms with E-state index in [2.05, 4.69) is 17.3 Å². The predicted molar refractivity (Wildman–Crippen MR) is 87.5 cm³/mol. The van der Waals surface area contributed by atoms with Crippen LogP contribution in [0.2, 0.25) is 0 Å². The highest BCUT2D eigenvalue weighted by Crippen LogP contribution is 2.30. The molecule has 1 fully saturated rings. The second kappa shape index (κ2) is 8.13. The summed E-state index contributed by atoms with van der Waals surface area (Å²) in [5.74, 6) is 1.79. The Balaban J connectivity index is 2.03. The Morgan fingerprint density at radius 3 is 2.71 bits per heavy atom. The summed E-state index contributed by atoms with van der Waals surface area (Å²) in [4.78, 5) is 2.45. The second-order valence-corrected chi connectivity index (χ2v) is 5.54. The molecule has 1 aliphatic rings. The number of nitrogens with zero attached hydrogens (tertiary/aromatic N) is 1. The van der Waals surface area contributed by atoms with Gasteiger partial charge in [0.1, 0.15) is 11.5 Å². The first kappa shape index (κ1) is 16.0. The van der Waals surface area contributed by atoms with Gasteiger partial charge in [-0.1, -0.05) is 6.42 Å². The van der Waals surface area contributed by atoms with Gasteiger partial charge in [-0.25, -0.2) is 0 Å². The van der Waals surface area contributed by atoms with Crippen molar-refractivity contribution in [3.8, 4) is 11.5 Å². The molecule has 0 spiro atoms. The van der Waals surface area contributed by atoms with Crippen molar-refractivity contribution >= 4 is 5.69 Å². The average Bonchev–Trinajstić information content (AvgIpc) is 2.49. The van der Waals surface area contributed by atoms with Crippen molar-refractivity contribution in [3.63, 3.8) is 0 Å². The number of likely N-dealkylation sites (tertiary alicyclic amines) is 1. The second-order valence-electron chi connectivity index (χ2n) is 5.54. The number of hydrogen-bond acceptors (Lipinski definition) is 4. The third-order valence-corrected chi connectivity index (χ3v) is 4.01. The predicted octanol–water partition coefficient (Wildman–Crippen LogP) is 3.38. The summed E-state index contributed by atoms with van der Waals surface area (Å²) in [5, 5.41) is 3.55. The first-order valence-electron chi connectivity index (χ1n) is 8.08. The Morgan fingerprint density at radius 2 is 2.00 bits per heavy atom. The van der Waals surface area contributed by atoms with E-state index >= 15 is 0 Å². The Hall–Kier alpha value is -1.42. The number of hydrogen-bond donors (Lipinski definition) is 1. The van der Waals surface area contributed by atoms with Crippen LogP contribution < -0.4 is 14.8 Å². The van der Waals surface area contributed by atoms with Crippen molar-refractivity contribution in [1.29, 1.82) is 0 Å². The Morgan fingerprint density at radius 1 is 1.19 bits per heavy atom. The molecule has 0 saturated carbocycles. The van der Waals surface area contributed by atoms with Gasteiger partial charge in [0.2, 0.25) is 0 Å². The topological polar surface area (TPSA) is 33.7 Å². The molecule has 4 nitrogen and oxygen atoms in total. The lowest BCUT2D eigenvalue weighted by atomic mass is 10.0. The van der Waals surface area contributed by atoms with Gasteiger partial charge in [0, 0.05) is 18.7 Å². The number of likely N-dealkylation sites (N-methyl/N-ethyl adjacent to an activating group) is 1. The molecule has 1 aromatic rings. The van der Waals surface area contributed by atoms with Crippen molar-refractivity contribution in [2.45, 2.75) is 39.2 Å². The van der Waals surface area contributed by atoms with E-state index in [9.17, 15) is 0 Å². The van der Waals surface area contributed by atoms with E-state index in [1.54, 1.807) is 0 Å². The van der Waals surface area contributed by atoms with E-state index in [0.717, 1.165) is 23.7 Å². The molecule has 118 valence electrons. The summed E-state index contributed by atoms with van der Waals surface area (Å²) in [6.07, 6.45) is 3.91. The van der Waals surface area contributed by atoms with Crippen molar-refractivity contribution in [1.82, 2.24) is 4.90 Å². The molecular weight excluding hydrogens is 264 g/mol. The van der Waals surface area contributed by atoms with Crippen LogP contribution >= 0.6 is 0 Å². The molecule has 0 radical (unpaired) electrons. The molecule has 1 atom stereocenters. The third kappa shape index (κ3) is 4.53. The van der Waals surface area contributed by atoms with E-state index in [-0.39, 0.29) is 0 Å². The van der Waals surface area contributed by atoms with Crippen LogP contribution in [0.25, 0.3) is 0 Å². The minimum Gasteiger partial charge on any atom is -0.494 e. The summed E-state index contributed by atoms with van der Waals surface area (Å²) >= 11 is 0. The summed E-state index contributed by atoms with van der Waals surface area (Å²) in [6.45, 7) is 7.51. The lowest BCUT2D eigenvalue weighted by Gasteiger charge is -2.33. The van der Waals surface area contributed by atoms with Crippen molar-refractivity contribution in [2.75, 3.05) is 38.7 Å². The molecule has 21 heavy (non-hydrogen) atoms. The Kier molecular flexibility index (Phi) is 6.18. The maximum absolute atomic E-state index is 5.71. The minimum atomic E-state index is 0.601. The minimum absolute atomic E-state index is 0.601. The zero-order valence-corrected chi connectivity index (χ0v) is 13.5. The van der Waals surface area contributed by atoms with Gasteiger partial charge in [0.15, 0.2) is 0 Å². The highest BCUT2D eigenvalue weighted by atomic mass is 16.5. The van der Waals surface area contributed by atoms with Crippen LogP contribution in [0.3, 0.4) is 0 Å². The van der Waals surface area contributed by atoms with E-state index < -0.39 is 0 Å². The molecular formula is C17H28N2O2. The molecule has 2 rings (SSSR count). The van der Waals surface area contributed by atoms with Crippen LogP contribution in [0.5, 0.6) is 11.5 Å². The first-order chi connectivity index (χ1) is 10.2. The monoisotopic (exact) mass is 292 g/mol.